The number of aromatic nitrogens is 2. The largest absolute Gasteiger partial charge is 0.481 e. The van der Waals surface area contributed by atoms with Crippen molar-refractivity contribution in [3.63, 3.8) is 0 Å². The van der Waals surface area contributed by atoms with Gasteiger partial charge in [0.25, 0.3) is 0 Å². The molecule has 3 rings (SSSR count). The Labute approximate surface area is 138 Å². The van der Waals surface area contributed by atoms with Gasteiger partial charge in [-0.05, 0) is 36.6 Å². The van der Waals surface area contributed by atoms with Crippen LogP contribution in [-0.4, -0.2) is 26.8 Å². The molecule has 0 bridgehead atoms. The summed E-state index contributed by atoms with van der Waals surface area (Å²) in [5.74, 6) is -2.54. The number of benzene rings is 1. The Kier molecular flexibility index (Phi) is 3.66. The Hall–Kier alpha value is -2.70. The second-order valence-electron chi connectivity index (χ2n) is 6.66. The van der Waals surface area contributed by atoms with Gasteiger partial charge >= 0.3 is 5.97 Å². The maximum atomic E-state index is 13.1. The van der Waals surface area contributed by atoms with E-state index in [1.54, 1.807) is 39.0 Å². The zero-order chi connectivity index (χ0) is 17.6. The monoisotopic (exact) mass is 331 g/mol. The molecule has 1 aromatic heterocycles. The number of aliphatic carboxylic acids is 1. The van der Waals surface area contributed by atoms with E-state index >= 15 is 0 Å². The molecule has 1 aliphatic rings. The molecule has 1 aliphatic carbocycles. The summed E-state index contributed by atoms with van der Waals surface area (Å²) in [4.78, 5) is 23.7. The summed E-state index contributed by atoms with van der Waals surface area (Å²) in [6.45, 7) is 5.30. The number of hydrogen-bond acceptors (Lipinski definition) is 3. The van der Waals surface area contributed by atoms with E-state index in [1.807, 2.05) is 0 Å². The first-order chi connectivity index (χ1) is 11.2. The molecule has 24 heavy (non-hydrogen) atoms. The summed E-state index contributed by atoms with van der Waals surface area (Å²) in [6, 6.07) is 7.41. The lowest BCUT2D eigenvalue weighted by molar-refractivity contribution is -0.140. The number of hydrogen-bond donors (Lipinski definition) is 2. The van der Waals surface area contributed by atoms with E-state index in [2.05, 4.69) is 10.4 Å². The van der Waals surface area contributed by atoms with E-state index in [9.17, 15) is 19.1 Å². The highest BCUT2D eigenvalue weighted by Crippen LogP contribution is 2.58. The first-order valence-electron chi connectivity index (χ1n) is 7.58. The molecule has 2 atom stereocenters. The molecule has 1 saturated carbocycles. The summed E-state index contributed by atoms with van der Waals surface area (Å²) in [5.41, 5.74) is 0.704. The van der Waals surface area contributed by atoms with Crippen LogP contribution in [-0.2, 0) is 9.59 Å². The van der Waals surface area contributed by atoms with E-state index in [-0.39, 0.29) is 11.7 Å². The number of anilines is 1. The molecule has 0 spiro atoms. The Morgan fingerprint density at radius 3 is 2.42 bits per heavy atom. The minimum Gasteiger partial charge on any atom is -0.481 e. The molecule has 2 aromatic rings. The molecule has 0 unspecified atom stereocenters. The van der Waals surface area contributed by atoms with Crippen LogP contribution in [0.3, 0.4) is 0 Å². The number of aryl methyl sites for hydroxylation is 1. The molecule has 1 fully saturated rings. The summed E-state index contributed by atoms with van der Waals surface area (Å²) in [5, 5.41) is 16.3. The Balaban J connectivity index is 1.85. The zero-order valence-electron chi connectivity index (χ0n) is 13.6. The first kappa shape index (κ1) is 16.2. The summed E-state index contributed by atoms with van der Waals surface area (Å²) in [7, 11) is 0. The Bertz CT molecular complexity index is 811. The van der Waals surface area contributed by atoms with E-state index in [1.165, 1.54) is 16.8 Å². The standard InChI is InChI=1S/C17H18FN3O3/c1-9-8-12(21(20-9)11-6-4-10(18)5-7-11)19-15(22)13-14(16(23)24)17(13,2)3/h4-8,13-14H,1-3H3,(H,19,22)(H,23,24)/t13-,14+/m0/s1. The topological polar surface area (TPSA) is 84.2 Å². The van der Waals surface area contributed by atoms with Crippen LogP contribution in [0.4, 0.5) is 10.2 Å². The quantitative estimate of drug-likeness (QED) is 0.902. The predicted molar refractivity (Wildman–Crippen MR) is 85.3 cm³/mol. The average Bonchev–Trinajstić information content (AvgIpc) is 2.90. The van der Waals surface area contributed by atoms with Gasteiger partial charge in [-0.2, -0.15) is 5.10 Å². The molecule has 1 heterocycles. The van der Waals surface area contributed by atoms with Crippen molar-refractivity contribution in [2.45, 2.75) is 20.8 Å². The molecule has 126 valence electrons. The molecule has 1 aromatic carbocycles. The number of halogens is 1. The van der Waals surface area contributed by atoms with Gasteiger partial charge in [0.2, 0.25) is 5.91 Å². The number of nitrogens with one attached hydrogen (secondary N) is 1. The predicted octanol–water partition coefficient (Wildman–Crippen LogP) is 2.62. The van der Waals surface area contributed by atoms with Gasteiger partial charge in [0.05, 0.1) is 23.2 Å². The van der Waals surface area contributed by atoms with E-state index in [0.29, 0.717) is 17.2 Å². The lowest BCUT2D eigenvalue weighted by Crippen LogP contribution is -2.19. The lowest BCUT2D eigenvalue weighted by Gasteiger charge is -2.09. The summed E-state index contributed by atoms with van der Waals surface area (Å²) >= 11 is 0. The Morgan fingerprint density at radius 1 is 1.25 bits per heavy atom. The SMILES string of the molecule is Cc1cc(NC(=O)[C@@H]2[C@H](C(=O)O)C2(C)C)n(-c2ccc(F)cc2)n1. The lowest BCUT2D eigenvalue weighted by atomic mass is 10.1. The van der Waals surface area contributed by atoms with Gasteiger partial charge < -0.3 is 10.4 Å². The number of nitrogens with zero attached hydrogens (tertiary/aromatic N) is 2. The highest BCUT2D eigenvalue weighted by molar-refractivity contribution is 5.99. The molecular formula is C17H18FN3O3. The maximum Gasteiger partial charge on any atom is 0.307 e. The van der Waals surface area contributed by atoms with Crippen molar-refractivity contribution in [2.75, 3.05) is 5.32 Å². The summed E-state index contributed by atoms with van der Waals surface area (Å²) in [6.07, 6.45) is 0. The number of amides is 1. The third kappa shape index (κ3) is 2.66. The fourth-order valence-electron chi connectivity index (χ4n) is 3.16. The second kappa shape index (κ2) is 5.43. The van der Waals surface area contributed by atoms with Crippen molar-refractivity contribution in [1.82, 2.24) is 9.78 Å². The van der Waals surface area contributed by atoms with Crippen molar-refractivity contribution in [2.24, 2.45) is 17.3 Å². The highest BCUT2D eigenvalue weighted by atomic mass is 19.1. The Morgan fingerprint density at radius 2 is 1.88 bits per heavy atom. The van der Waals surface area contributed by atoms with Gasteiger partial charge in [0.15, 0.2) is 0 Å². The van der Waals surface area contributed by atoms with Crippen molar-refractivity contribution >= 4 is 17.7 Å². The van der Waals surface area contributed by atoms with Gasteiger partial charge in [-0.3, -0.25) is 9.59 Å². The number of carboxylic acid groups (broad SMARTS) is 1. The molecule has 0 saturated heterocycles. The molecule has 6 nitrogen and oxygen atoms in total. The van der Waals surface area contributed by atoms with Gasteiger partial charge in [-0.25, -0.2) is 9.07 Å². The van der Waals surface area contributed by atoms with Gasteiger partial charge in [-0.15, -0.1) is 0 Å². The van der Waals surface area contributed by atoms with Crippen molar-refractivity contribution in [3.8, 4) is 5.69 Å². The molecule has 0 radical (unpaired) electrons. The number of rotatable bonds is 4. The van der Waals surface area contributed by atoms with Crippen LogP contribution in [0.5, 0.6) is 0 Å². The van der Waals surface area contributed by atoms with Gasteiger partial charge in [0.1, 0.15) is 11.6 Å². The van der Waals surface area contributed by atoms with Crippen molar-refractivity contribution in [1.29, 1.82) is 0 Å². The number of carbonyl (C=O) groups is 2. The minimum absolute atomic E-state index is 0.351. The molecule has 0 aliphatic heterocycles. The van der Waals surface area contributed by atoms with Crippen LogP contribution >= 0.6 is 0 Å². The third-order valence-electron chi connectivity index (χ3n) is 4.53. The van der Waals surface area contributed by atoms with Crippen LogP contribution < -0.4 is 5.32 Å². The normalized spacial score (nSPS) is 21.3. The van der Waals surface area contributed by atoms with Gasteiger partial charge in [0, 0.05) is 6.07 Å². The van der Waals surface area contributed by atoms with E-state index in [0.717, 1.165) is 0 Å². The second-order valence-corrected chi connectivity index (χ2v) is 6.66. The van der Waals surface area contributed by atoms with Crippen molar-refractivity contribution in [3.05, 3.63) is 41.8 Å². The smallest absolute Gasteiger partial charge is 0.307 e. The fraction of sp³-hybridized carbons (Fsp3) is 0.353. The van der Waals surface area contributed by atoms with Crippen LogP contribution in [0.15, 0.2) is 30.3 Å². The van der Waals surface area contributed by atoms with Crippen molar-refractivity contribution < 1.29 is 19.1 Å². The minimum atomic E-state index is -0.969. The third-order valence-corrected chi connectivity index (χ3v) is 4.53. The van der Waals surface area contributed by atoms with Crippen LogP contribution in [0, 0.1) is 30.0 Å². The molecular weight excluding hydrogens is 313 g/mol. The van der Waals surface area contributed by atoms with E-state index in [4.69, 9.17) is 0 Å². The zero-order valence-corrected chi connectivity index (χ0v) is 13.6. The highest BCUT2D eigenvalue weighted by Gasteiger charge is 2.66. The van der Waals surface area contributed by atoms with Crippen LogP contribution in [0.2, 0.25) is 0 Å². The van der Waals surface area contributed by atoms with Gasteiger partial charge in [-0.1, -0.05) is 13.8 Å². The molecule has 2 N–H and O–H groups in total. The number of carboxylic acids is 1. The van der Waals surface area contributed by atoms with Crippen LogP contribution in [0.25, 0.3) is 5.69 Å². The van der Waals surface area contributed by atoms with E-state index < -0.39 is 23.2 Å². The first-order valence-corrected chi connectivity index (χ1v) is 7.58. The summed E-state index contributed by atoms with van der Waals surface area (Å²) < 4.78 is 14.6. The maximum absolute atomic E-state index is 13.1. The fourth-order valence-corrected chi connectivity index (χ4v) is 3.16. The molecule has 7 heteroatoms. The number of carbonyl (C=O) groups excluding carboxylic acids is 1. The van der Waals surface area contributed by atoms with Crippen LogP contribution in [0.1, 0.15) is 19.5 Å². The average molecular weight is 331 g/mol. The molecule has 1 amide bonds.